The smallest absolute Gasteiger partial charge is 0.267 e. The molecule has 3 heterocycles. The Balaban J connectivity index is 1.53. The summed E-state index contributed by atoms with van der Waals surface area (Å²) in [5.74, 6) is 1.46. The normalized spacial score (nSPS) is 24.6. The molecule has 0 radical (unpaired) electrons. The van der Waals surface area contributed by atoms with E-state index in [0.717, 1.165) is 75.2 Å². The Hall–Kier alpha value is -2.48. The van der Waals surface area contributed by atoms with Crippen molar-refractivity contribution >= 4 is 11.8 Å². The molecule has 2 aromatic heterocycles. The molecule has 1 saturated carbocycles. The van der Waals surface area contributed by atoms with Gasteiger partial charge in [-0.15, -0.1) is 0 Å². The number of nitrogens with one attached hydrogen (secondary N) is 1. The van der Waals surface area contributed by atoms with Crippen molar-refractivity contribution in [3.05, 3.63) is 39.9 Å². The highest BCUT2D eigenvalue weighted by Gasteiger charge is 2.28. The fraction of sp³-hybridized carbons (Fsp3) is 0.636. The van der Waals surface area contributed by atoms with Crippen LogP contribution in [-0.4, -0.2) is 50.1 Å². The maximum Gasteiger partial charge on any atom is 0.267 e. The summed E-state index contributed by atoms with van der Waals surface area (Å²) >= 11 is 0. The van der Waals surface area contributed by atoms with Crippen LogP contribution in [0, 0.1) is 13.8 Å². The van der Waals surface area contributed by atoms with E-state index in [1.807, 2.05) is 26.0 Å². The van der Waals surface area contributed by atoms with Gasteiger partial charge in [0.1, 0.15) is 5.82 Å². The van der Waals surface area contributed by atoms with Gasteiger partial charge in [-0.1, -0.05) is 12.8 Å². The Labute approximate surface area is 177 Å². The van der Waals surface area contributed by atoms with Gasteiger partial charge in [0.25, 0.3) is 5.56 Å². The molecule has 2 aliphatic rings. The van der Waals surface area contributed by atoms with E-state index in [1.54, 1.807) is 6.07 Å². The van der Waals surface area contributed by atoms with Gasteiger partial charge < -0.3 is 15.3 Å². The monoisotopic (exact) mass is 412 g/mol. The summed E-state index contributed by atoms with van der Waals surface area (Å²) in [7, 11) is 0. The standard InChI is InChI=1S/C22H32N6O2/c1-15-13-16(2)25-22(24-15)23-14-17-7-5-6-12-27(17)20-10-11-21(30)28(26-20)18-8-3-4-9-19(18)29/h10-11,13,17-19,29H,3-9,12,14H2,1-2H3,(H,23,24,25). The van der Waals surface area contributed by atoms with Crippen molar-refractivity contribution in [3.63, 3.8) is 0 Å². The Kier molecular flexibility index (Phi) is 6.32. The summed E-state index contributed by atoms with van der Waals surface area (Å²) in [5.41, 5.74) is 1.76. The van der Waals surface area contributed by atoms with Gasteiger partial charge in [0, 0.05) is 36.6 Å². The average Bonchev–Trinajstić information content (AvgIpc) is 2.73. The van der Waals surface area contributed by atoms with Gasteiger partial charge in [-0.05, 0) is 58.1 Å². The van der Waals surface area contributed by atoms with Crippen molar-refractivity contribution in [3.8, 4) is 0 Å². The summed E-state index contributed by atoms with van der Waals surface area (Å²) < 4.78 is 1.52. The summed E-state index contributed by atoms with van der Waals surface area (Å²) in [5, 5.41) is 18.5. The van der Waals surface area contributed by atoms with Crippen LogP contribution in [0.1, 0.15) is 62.4 Å². The van der Waals surface area contributed by atoms with Crippen molar-refractivity contribution in [2.24, 2.45) is 0 Å². The minimum Gasteiger partial charge on any atom is -0.391 e. The zero-order chi connectivity index (χ0) is 21.1. The first-order chi connectivity index (χ1) is 14.5. The van der Waals surface area contributed by atoms with Gasteiger partial charge in [0.2, 0.25) is 5.95 Å². The van der Waals surface area contributed by atoms with E-state index in [9.17, 15) is 9.90 Å². The van der Waals surface area contributed by atoms with E-state index < -0.39 is 6.10 Å². The maximum absolute atomic E-state index is 12.5. The molecule has 3 atom stereocenters. The molecule has 2 N–H and O–H groups in total. The Morgan fingerprint density at radius 1 is 1.07 bits per heavy atom. The zero-order valence-corrected chi connectivity index (χ0v) is 17.9. The average molecular weight is 413 g/mol. The predicted molar refractivity (Wildman–Crippen MR) is 117 cm³/mol. The summed E-state index contributed by atoms with van der Waals surface area (Å²) in [6.45, 7) is 5.56. The van der Waals surface area contributed by atoms with Crippen LogP contribution in [0.2, 0.25) is 0 Å². The number of aliphatic hydroxyl groups is 1. The van der Waals surface area contributed by atoms with E-state index in [4.69, 9.17) is 5.10 Å². The number of nitrogens with zero attached hydrogens (tertiary/aromatic N) is 5. The van der Waals surface area contributed by atoms with Crippen LogP contribution < -0.4 is 15.8 Å². The first-order valence-electron chi connectivity index (χ1n) is 11.1. The molecule has 0 amide bonds. The molecule has 0 spiro atoms. The van der Waals surface area contributed by atoms with Crippen molar-refractivity contribution in [2.75, 3.05) is 23.3 Å². The second-order valence-corrected chi connectivity index (χ2v) is 8.59. The molecule has 2 fully saturated rings. The second-order valence-electron chi connectivity index (χ2n) is 8.59. The third-order valence-electron chi connectivity index (χ3n) is 6.22. The Bertz CT molecular complexity index is 910. The lowest BCUT2D eigenvalue weighted by Crippen LogP contribution is -2.45. The van der Waals surface area contributed by atoms with Crippen LogP contribution in [-0.2, 0) is 0 Å². The molecular formula is C22H32N6O2. The lowest BCUT2D eigenvalue weighted by atomic mass is 9.93. The van der Waals surface area contributed by atoms with Gasteiger partial charge in [-0.3, -0.25) is 4.79 Å². The van der Waals surface area contributed by atoms with Crippen LogP contribution >= 0.6 is 0 Å². The Morgan fingerprint density at radius 3 is 2.57 bits per heavy atom. The molecule has 8 heteroatoms. The number of rotatable bonds is 5. The van der Waals surface area contributed by atoms with Crippen LogP contribution in [0.25, 0.3) is 0 Å². The molecule has 8 nitrogen and oxygen atoms in total. The van der Waals surface area contributed by atoms with E-state index in [0.29, 0.717) is 5.95 Å². The van der Waals surface area contributed by atoms with Gasteiger partial charge in [0.05, 0.1) is 12.1 Å². The van der Waals surface area contributed by atoms with Gasteiger partial charge in [0.15, 0.2) is 0 Å². The molecule has 162 valence electrons. The number of aryl methyl sites for hydroxylation is 2. The van der Waals surface area contributed by atoms with Crippen molar-refractivity contribution < 1.29 is 5.11 Å². The van der Waals surface area contributed by atoms with Crippen LogP contribution in [0.3, 0.4) is 0 Å². The molecule has 1 saturated heterocycles. The van der Waals surface area contributed by atoms with Gasteiger partial charge >= 0.3 is 0 Å². The number of hydrogen-bond acceptors (Lipinski definition) is 7. The molecular weight excluding hydrogens is 380 g/mol. The van der Waals surface area contributed by atoms with Crippen molar-refractivity contribution in [2.45, 2.75) is 77.0 Å². The van der Waals surface area contributed by atoms with Crippen molar-refractivity contribution in [1.29, 1.82) is 0 Å². The van der Waals surface area contributed by atoms with Gasteiger partial charge in [-0.25, -0.2) is 14.6 Å². The quantitative estimate of drug-likeness (QED) is 0.779. The van der Waals surface area contributed by atoms with E-state index in [1.165, 1.54) is 4.68 Å². The molecule has 1 aliphatic heterocycles. The predicted octanol–water partition coefficient (Wildman–Crippen LogP) is 2.60. The SMILES string of the molecule is Cc1cc(C)nc(NCC2CCCCN2c2ccc(=O)n(C3CCCCC3O)n2)n1. The fourth-order valence-corrected chi connectivity index (χ4v) is 4.71. The molecule has 4 rings (SSSR count). The highest BCUT2D eigenvalue weighted by atomic mass is 16.3. The highest BCUT2D eigenvalue weighted by molar-refractivity contribution is 5.40. The van der Waals surface area contributed by atoms with Gasteiger partial charge in [-0.2, -0.15) is 5.10 Å². The first kappa shape index (κ1) is 20.8. The third-order valence-corrected chi connectivity index (χ3v) is 6.22. The zero-order valence-electron chi connectivity index (χ0n) is 17.9. The molecule has 2 aromatic rings. The van der Waals surface area contributed by atoms with Crippen LogP contribution in [0.5, 0.6) is 0 Å². The summed E-state index contributed by atoms with van der Waals surface area (Å²) in [6, 6.07) is 5.40. The summed E-state index contributed by atoms with van der Waals surface area (Å²) in [6.07, 6.45) is 6.37. The first-order valence-corrected chi connectivity index (χ1v) is 11.1. The van der Waals surface area contributed by atoms with Crippen LogP contribution in [0.15, 0.2) is 23.0 Å². The fourth-order valence-electron chi connectivity index (χ4n) is 4.71. The lowest BCUT2D eigenvalue weighted by Gasteiger charge is -2.37. The number of piperidine rings is 1. The van der Waals surface area contributed by atoms with E-state index >= 15 is 0 Å². The number of anilines is 2. The molecule has 30 heavy (non-hydrogen) atoms. The number of hydrogen-bond donors (Lipinski definition) is 2. The molecule has 3 unspecified atom stereocenters. The molecule has 1 aliphatic carbocycles. The summed E-state index contributed by atoms with van der Waals surface area (Å²) in [4.78, 5) is 23.7. The highest BCUT2D eigenvalue weighted by Crippen LogP contribution is 2.28. The van der Waals surface area contributed by atoms with E-state index in [-0.39, 0.29) is 17.6 Å². The van der Waals surface area contributed by atoms with Crippen LogP contribution in [0.4, 0.5) is 11.8 Å². The maximum atomic E-state index is 12.5. The number of aromatic nitrogens is 4. The van der Waals surface area contributed by atoms with Crippen molar-refractivity contribution in [1.82, 2.24) is 19.7 Å². The topological polar surface area (TPSA) is 96.2 Å². The second kappa shape index (κ2) is 9.12. The van der Waals surface area contributed by atoms with E-state index in [2.05, 4.69) is 20.2 Å². The Morgan fingerprint density at radius 2 is 1.80 bits per heavy atom. The third kappa shape index (κ3) is 4.64. The lowest BCUT2D eigenvalue weighted by molar-refractivity contribution is 0.0669. The largest absolute Gasteiger partial charge is 0.391 e. The molecule has 0 aromatic carbocycles. The minimum atomic E-state index is -0.500. The molecule has 0 bridgehead atoms. The number of aliphatic hydroxyl groups excluding tert-OH is 1. The minimum absolute atomic E-state index is 0.139.